The lowest BCUT2D eigenvalue weighted by Crippen LogP contribution is -2.70. The van der Waals surface area contributed by atoms with Crippen molar-refractivity contribution in [3.8, 4) is 0 Å². The maximum atomic E-state index is 13.0. The largest absolute Gasteiger partial charge is 0.340 e. The predicted octanol–water partition coefficient (Wildman–Crippen LogP) is 3.01. The number of hydrogen-bond acceptors (Lipinski definition) is 2. The third kappa shape index (κ3) is 3.41. The highest BCUT2D eigenvalue weighted by atomic mass is 16.2. The molecule has 0 aromatic rings. The van der Waals surface area contributed by atoms with Gasteiger partial charge in [-0.2, -0.15) is 0 Å². The lowest BCUT2D eigenvalue weighted by Gasteiger charge is -2.47. The summed E-state index contributed by atoms with van der Waals surface area (Å²) in [6, 6.07) is -0.258. The molecular formula is C17H30N2O2. The monoisotopic (exact) mass is 294 g/mol. The third-order valence-corrected chi connectivity index (χ3v) is 5.06. The first-order valence-electron chi connectivity index (χ1n) is 8.77. The van der Waals surface area contributed by atoms with Crippen molar-refractivity contribution >= 4 is 11.8 Å². The average molecular weight is 294 g/mol. The van der Waals surface area contributed by atoms with Gasteiger partial charge in [0.25, 0.3) is 0 Å². The van der Waals surface area contributed by atoms with E-state index in [1.807, 2.05) is 11.8 Å². The molecule has 2 aliphatic rings. The van der Waals surface area contributed by atoms with Crippen LogP contribution < -0.4 is 5.32 Å². The second-order valence-electron chi connectivity index (χ2n) is 6.62. The summed E-state index contributed by atoms with van der Waals surface area (Å²) in [6.45, 7) is 4.92. The lowest BCUT2D eigenvalue weighted by molar-refractivity contribution is -0.156. The predicted molar refractivity (Wildman–Crippen MR) is 83.9 cm³/mol. The van der Waals surface area contributed by atoms with Crippen LogP contribution >= 0.6 is 0 Å². The number of carbonyl (C=O) groups excluding carboxylic acids is 2. The van der Waals surface area contributed by atoms with Crippen LogP contribution in [0, 0.1) is 0 Å². The fraction of sp³-hybridized carbons (Fsp3) is 0.882. The van der Waals surface area contributed by atoms with Gasteiger partial charge < -0.3 is 10.2 Å². The number of unbranched alkanes of at least 4 members (excludes halogenated alkanes) is 3. The van der Waals surface area contributed by atoms with Gasteiger partial charge in [-0.3, -0.25) is 9.59 Å². The van der Waals surface area contributed by atoms with E-state index in [-0.39, 0.29) is 17.9 Å². The van der Waals surface area contributed by atoms with Crippen LogP contribution in [0.2, 0.25) is 0 Å². The van der Waals surface area contributed by atoms with Crippen LogP contribution in [-0.4, -0.2) is 34.8 Å². The first kappa shape index (κ1) is 16.3. The molecule has 4 heteroatoms. The summed E-state index contributed by atoms with van der Waals surface area (Å²) in [5.41, 5.74) is -0.578. The van der Waals surface area contributed by atoms with Gasteiger partial charge in [-0.05, 0) is 25.7 Å². The van der Waals surface area contributed by atoms with Gasteiger partial charge in [0.05, 0.1) is 0 Å². The Morgan fingerprint density at radius 1 is 1.10 bits per heavy atom. The molecule has 1 atom stereocenters. The molecule has 2 rings (SSSR count). The minimum Gasteiger partial charge on any atom is -0.340 e. The molecule has 0 radical (unpaired) electrons. The fourth-order valence-electron chi connectivity index (χ4n) is 3.80. The molecule has 1 saturated heterocycles. The lowest BCUT2D eigenvalue weighted by atomic mass is 9.78. The maximum Gasteiger partial charge on any atom is 0.249 e. The summed E-state index contributed by atoms with van der Waals surface area (Å²) in [7, 11) is 0. The van der Waals surface area contributed by atoms with Crippen LogP contribution in [0.15, 0.2) is 0 Å². The van der Waals surface area contributed by atoms with Gasteiger partial charge in [0.2, 0.25) is 11.8 Å². The average Bonchev–Trinajstić information content (AvgIpc) is 2.49. The zero-order valence-corrected chi connectivity index (χ0v) is 13.6. The molecule has 0 bridgehead atoms. The molecule has 1 spiro atoms. The van der Waals surface area contributed by atoms with E-state index in [1.54, 1.807) is 0 Å². The Hall–Kier alpha value is -1.06. The Morgan fingerprint density at radius 3 is 2.43 bits per heavy atom. The van der Waals surface area contributed by atoms with Crippen LogP contribution in [0.5, 0.6) is 0 Å². The zero-order chi connectivity index (χ0) is 15.3. The van der Waals surface area contributed by atoms with Crippen LogP contribution in [0.25, 0.3) is 0 Å². The molecule has 21 heavy (non-hydrogen) atoms. The second kappa shape index (κ2) is 7.28. The Kier molecular flexibility index (Phi) is 5.65. The van der Waals surface area contributed by atoms with Crippen molar-refractivity contribution in [1.29, 1.82) is 0 Å². The second-order valence-corrected chi connectivity index (χ2v) is 6.62. The Morgan fingerprint density at radius 2 is 1.81 bits per heavy atom. The van der Waals surface area contributed by atoms with Crippen molar-refractivity contribution in [2.45, 2.75) is 89.6 Å². The smallest absolute Gasteiger partial charge is 0.249 e. The molecule has 2 fully saturated rings. The summed E-state index contributed by atoms with van der Waals surface area (Å²) in [6.07, 6.45) is 10.2. The van der Waals surface area contributed by atoms with Crippen molar-refractivity contribution in [2.24, 2.45) is 0 Å². The topological polar surface area (TPSA) is 49.4 Å². The number of nitrogens with zero attached hydrogens (tertiary/aromatic N) is 1. The number of hydrogen-bond donors (Lipinski definition) is 1. The number of rotatable bonds is 6. The normalized spacial score (nSPS) is 25.2. The van der Waals surface area contributed by atoms with E-state index in [0.717, 1.165) is 45.1 Å². The van der Waals surface area contributed by atoms with Crippen LogP contribution in [0.1, 0.15) is 78.1 Å². The minimum absolute atomic E-state index is 0.0643. The number of piperazine rings is 1. The van der Waals surface area contributed by atoms with E-state index in [0.29, 0.717) is 6.42 Å². The van der Waals surface area contributed by atoms with Crippen molar-refractivity contribution in [1.82, 2.24) is 10.2 Å². The standard InChI is InChI=1S/C17H30N2O2/c1-3-5-6-10-13-19-14(4-2)15(20)18-17(16(19)21)11-8-7-9-12-17/h14H,3-13H2,1-2H3,(H,18,20). The van der Waals surface area contributed by atoms with Gasteiger partial charge in [-0.1, -0.05) is 52.4 Å². The first-order valence-corrected chi connectivity index (χ1v) is 8.77. The Balaban J connectivity index is 2.08. The molecule has 1 heterocycles. The SMILES string of the molecule is CCCCCCN1C(=O)C2(CCCCC2)NC(=O)C1CC. The van der Waals surface area contributed by atoms with Crippen molar-refractivity contribution in [3.05, 3.63) is 0 Å². The molecule has 120 valence electrons. The van der Waals surface area contributed by atoms with Crippen molar-refractivity contribution in [3.63, 3.8) is 0 Å². The zero-order valence-electron chi connectivity index (χ0n) is 13.6. The number of amides is 2. The summed E-state index contributed by atoms with van der Waals surface area (Å²) in [5, 5.41) is 3.08. The fourth-order valence-corrected chi connectivity index (χ4v) is 3.80. The van der Waals surface area contributed by atoms with E-state index in [1.165, 1.54) is 19.3 Å². The third-order valence-electron chi connectivity index (χ3n) is 5.06. The van der Waals surface area contributed by atoms with Gasteiger partial charge in [0.1, 0.15) is 11.6 Å². The molecule has 1 aliphatic heterocycles. The van der Waals surface area contributed by atoms with Crippen LogP contribution in [-0.2, 0) is 9.59 Å². The molecular weight excluding hydrogens is 264 g/mol. The Labute approximate surface area is 128 Å². The molecule has 1 unspecified atom stereocenters. The highest BCUT2D eigenvalue weighted by molar-refractivity contribution is 5.99. The van der Waals surface area contributed by atoms with Gasteiger partial charge in [-0.15, -0.1) is 0 Å². The maximum absolute atomic E-state index is 13.0. The summed E-state index contributed by atoms with van der Waals surface area (Å²) < 4.78 is 0. The van der Waals surface area contributed by atoms with E-state index < -0.39 is 5.54 Å². The van der Waals surface area contributed by atoms with E-state index in [4.69, 9.17) is 0 Å². The van der Waals surface area contributed by atoms with Gasteiger partial charge in [0, 0.05) is 6.54 Å². The molecule has 0 aromatic carbocycles. The van der Waals surface area contributed by atoms with Crippen molar-refractivity contribution < 1.29 is 9.59 Å². The van der Waals surface area contributed by atoms with Crippen LogP contribution in [0.3, 0.4) is 0 Å². The number of nitrogens with one attached hydrogen (secondary N) is 1. The first-order chi connectivity index (χ1) is 10.1. The van der Waals surface area contributed by atoms with Crippen molar-refractivity contribution in [2.75, 3.05) is 6.54 Å². The Bertz CT molecular complexity index is 375. The highest BCUT2D eigenvalue weighted by Gasteiger charge is 2.50. The quantitative estimate of drug-likeness (QED) is 0.766. The van der Waals surface area contributed by atoms with E-state index in [9.17, 15) is 9.59 Å². The molecule has 4 nitrogen and oxygen atoms in total. The minimum atomic E-state index is -0.578. The molecule has 1 N–H and O–H groups in total. The summed E-state index contributed by atoms with van der Waals surface area (Å²) >= 11 is 0. The van der Waals surface area contributed by atoms with Crippen LogP contribution in [0.4, 0.5) is 0 Å². The summed E-state index contributed by atoms with van der Waals surface area (Å²) in [5.74, 6) is 0.250. The number of carbonyl (C=O) groups is 2. The van der Waals surface area contributed by atoms with E-state index >= 15 is 0 Å². The highest BCUT2D eigenvalue weighted by Crippen LogP contribution is 2.34. The summed E-state index contributed by atoms with van der Waals surface area (Å²) in [4.78, 5) is 27.3. The van der Waals surface area contributed by atoms with Gasteiger partial charge in [-0.25, -0.2) is 0 Å². The van der Waals surface area contributed by atoms with Gasteiger partial charge in [0.15, 0.2) is 0 Å². The molecule has 1 aliphatic carbocycles. The molecule has 1 saturated carbocycles. The molecule has 2 amide bonds. The molecule has 0 aromatic heterocycles. The van der Waals surface area contributed by atoms with Gasteiger partial charge >= 0.3 is 0 Å². The van der Waals surface area contributed by atoms with E-state index in [2.05, 4.69) is 12.2 Å².